The van der Waals surface area contributed by atoms with Gasteiger partial charge in [-0.1, -0.05) is 6.07 Å². The van der Waals surface area contributed by atoms with Crippen LogP contribution in [0.15, 0.2) is 36.0 Å². The third-order valence-electron chi connectivity index (χ3n) is 3.15. The van der Waals surface area contributed by atoms with Gasteiger partial charge < -0.3 is 9.47 Å². The number of nitrogens with zero attached hydrogens (tertiary/aromatic N) is 1. The van der Waals surface area contributed by atoms with Gasteiger partial charge in [-0.25, -0.2) is 0 Å². The lowest BCUT2D eigenvalue weighted by Crippen LogP contribution is -2.13. The minimum absolute atomic E-state index is 0.00165. The standard InChI is InChI=1S/C14H11NO4/c1-18-11-3-4-12-9(6-11)2-5-14-13(12)7-10(8-19-14)15(16)17/h2-7H,8H2,1H3. The van der Waals surface area contributed by atoms with E-state index in [9.17, 15) is 10.1 Å². The maximum atomic E-state index is 10.8. The summed E-state index contributed by atoms with van der Waals surface area (Å²) in [6.07, 6.45) is 1.58. The minimum Gasteiger partial charge on any atom is -0.497 e. The quantitative estimate of drug-likeness (QED) is 0.613. The van der Waals surface area contributed by atoms with E-state index in [1.54, 1.807) is 13.2 Å². The van der Waals surface area contributed by atoms with E-state index >= 15 is 0 Å². The van der Waals surface area contributed by atoms with Gasteiger partial charge in [0, 0.05) is 11.6 Å². The number of ether oxygens (including phenoxy) is 2. The first-order valence-corrected chi connectivity index (χ1v) is 5.77. The summed E-state index contributed by atoms with van der Waals surface area (Å²) < 4.78 is 10.6. The number of rotatable bonds is 2. The summed E-state index contributed by atoms with van der Waals surface area (Å²) in [5.41, 5.74) is 0.814. The topological polar surface area (TPSA) is 61.6 Å². The van der Waals surface area contributed by atoms with Crippen molar-refractivity contribution in [2.24, 2.45) is 0 Å². The molecule has 3 rings (SSSR count). The molecule has 1 aliphatic heterocycles. The number of hydrogen-bond acceptors (Lipinski definition) is 4. The van der Waals surface area contributed by atoms with Crippen LogP contribution in [0.2, 0.25) is 0 Å². The second-order valence-electron chi connectivity index (χ2n) is 4.25. The van der Waals surface area contributed by atoms with Crippen LogP contribution in [0.1, 0.15) is 5.56 Å². The molecule has 2 aromatic carbocycles. The maximum Gasteiger partial charge on any atom is 0.284 e. The summed E-state index contributed by atoms with van der Waals surface area (Å²) in [6.45, 7) is 0.00165. The van der Waals surface area contributed by atoms with E-state index in [2.05, 4.69) is 0 Å². The van der Waals surface area contributed by atoms with E-state index in [1.807, 2.05) is 30.3 Å². The van der Waals surface area contributed by atoms with Crippen LogP contribution in [0.4, 0.5) is 0 Å². The summed E-state index contributed by atoms with van der Waals surface area (Å²) >= 11 is 0. The van der Waals surface area contributed by atoms with Crippen molar-refractivity contribution < 1.29 is 14.4 Å². The lowest BCUT2D eigenvalue weighted by atomic mass is 10.0. The largest absolute Gasteiger partial charge is 0.497 e. The van der Waals surface area contributed by atoms with E-state index < -0.39 is 4.92 Å². The highest BCUT2D eigenvalue weighted by Crippen LogP contribution is 2.34. The molecule has 0 saturated heterocycles. The number of hydrogen-bond donors (Lipinski definition) is 0. The first kappa shape index (κ1) is 11.5. The van der Waals surface area contributed by atoms with Gasteiger partial charge in [-0.15, -0.1) is 0 Å². The molecule has 2 aromatic rings. The first-order chi connectivity index (χ1) is 9.19. The molecule has 0 saturated carbocycles. The molecule has 0 atom stereocenters. The van der Waals surface area contributed by atoms with E-state index in [1.165, 1.54) is 0 Å². The molecule has 0 spiro atoms. The molecule has 0 N–H and O–H groups in total. The summed E-state index contributed by atoms with van der Waals surface area (Å²) in [4.78, 5) is 10.4. The average molecular weight is 257 g/mol. The van der Waals surface area contributed by atoms with Crippen molar-refractivity contribution in [1.82, 2.24) is 0 Å². The monoisotopic (exact) mass is 257 g/mol. The van der Waals surface area contributed by atoms with Crippen LogP contribution in [0.5, 0.6) is 11.5 Å². The Bertz CT molecular complexity index is 706. The summed E-state index contributed by atoms with van der Waals surface area (Å²) in [7, 11) is 1.60. The number of methoxy groups -OCH3 is 1. The zero-order chi connectivity index (χ0) is 13.4. The molecule has 0 amide bonds. The zero-order valence-corrected chi connectivity index (χ0v) is 10.3. The molecular formula is C14H11NO4. The van der Waals surface area contributed by atoms with Crippen LogP contribution in [-0.4, -0.2) is 18.6 Å². The molecule has 5 nitrogen and oxygen atoms in total. The second-order valence-corrected chi connectivity index (χ2v) is 4.25. The highest BCUT2D eigenvalue weighted by molar-refractivity contribution is 5.94. The third kappa shape index (κ3) is 1.89. The molecule has 1 aliphatic rings. The van der Waals surface area contributed by atoms with Crippen molar-refractivity contribution in [2.75, 3.05) is 13.7 Å². The zero-order valence-electron chi connectivity index (χ0n) is 10.3. The highest BCUT2D eigenvalue weighted by Gasteiger charge is 2.21. The number of nitro groups is 1. The molecule has 0 bridgehead atoms. The predicted octanol–water partition coefficient (Wildman–Crippen LogP) is 2.86. The Kier molecular flexibility index (Phi) is 2.59. The molecule has 0 aliphatic carbocycles. The lowest BCUT2D eigenvalue weighted by Gasteiger charge is -2.15. The molecular weight excluding hydrogens is 246 g/mol. The van der Waals surface area contributed by atoms with Gasteiger partial charge in [0.25, 0.3) is 5.70 Å². The molecule has 19 heavy (non-hydrogen) atoms. The highest BCUT2D eigenvalue weighted by atomic mass is 16.6. The average Bonchev–Trinajstić information content (AvgIpc) is 2.45. The Balaban J connectivity index is 2.24. The summed E-state index contributed by atoms with van der Waals surface area (Å²) in [5.74, 6) is 1.42. The third-order valence-corrected chi connectivity index (χ3v) is 3.15. The number of fused-ring (bicyclic) bond motifs is 3. The molecule has 0 unspecified atom stereocenters. The second kappa shape index (κ2) is 4.28. The SMILES string of the molecule is COc1ccc2c3c(ccc2c1)OCC([N+](=O)[O-])=C3. The van der Waals surface area contributed by atoms with Crippen LogP contribution >= 0.6 is 0 Å². The summed E-state index contributed by atoms with van der Waals surface area (Å²) in [5, 5.41) is 12.7. The van der Waals surface area contributed by atoms with Crippen molar-refractivity contribution >= 4 is 16.8 Å². The van der Waals surface area contributed by atoms with Gasteiger partial charge >= 0.3 is 0 Å². The minimum atomic E-state index is -0.411. The lowest BCUT2D eigenvalue weighted by molar-refractivity contribution is -0.427. The van der Waals surface area contributed by atoms with Crippen molar-refractivity contribution in [1.29, 1.82) is 0 Å². The summed E-state index contributed by atoms with van der Waals surface area (Å²) in [6, 6.07) is 9.35. The predicted molar refractivity (Wildman–Crippen MR) is 71.0 cm³/mol. The maximum absolute atomic E-state index is 10.8. The normalized spacial score (nSPS) is 13.4. The smallest absolute Gasteiger partial charge is 0.284 e. The van der Waals surface area contributed by atoms with Crippen LogP contribution in [0, 0.1) is 10.1 Å². The van der Waals surface area contributed by atoms with Crippen LogP contribution in [0.25, 0.3) is 16.8 Å². The Morgan fingerprint density at radius 3 is 2.89 bits per heavy atom. The fraction of sp³-hybridized carbons (Fsp3) is 0.143. The van der Waals surface area contributed by atoms with Crippen molar-refractivity contribution in [2.45, 2.75) is 0 Å². The van der Waals surface area contributed by atoms with Gasteiger partial charge in [0.1, 0.15) is 11.5 Å². The molecule has 0 radical (unpaired) electrons. The van der Waals surface area contributed by atoms with Crippen LogP contribution < -0.4 is 9.47 Å². The van der Waals surface area contributed by atoms with Gasteiger partial charge in [-0.2, -0.15) is 0 Å². The Hall–Kier alpha value is -2.56. The Morgan fingerprint density at radius 2 is 2.16 bits per heavy atom. The van der Waals surface area contributed by atoms with E-state index in [4.69, 9.17) is 9.47 Å². The van der Waals surface area contributed by atoms with Crippen LogP contribution in [-0.2, 0) is 0 Å². The van der Waals surface area contributed by atoms with E-state index in [0.29, 0.717) is 5.75 Å². The fourth-order valence-electron chi connectivity index (χ4n) is 2.18. The Morgan fingerprint density at radius 1 is 1.32 bits per heavy atom. The van der Waals surface area contributed by atoms with Gasteiger partial charge in [0.05, 0.1) is 12.0 Å². The molecule has 0 fully saturated rings. The van der Waals surface area contributed by atoms with Gasteiger partial charge in [-0.05, 0) is 35.0 Å². The fourth-order valence-corrected chi connectivity index (χ4v) is 2.18. The Labute approximate surface area is 109 Å². The van der Waals surface area contributed by atoms with Gasteiger partial charge in [-0.3, -0.25) is 10.1 Å². The molecule has 5 heteroatoms. The van der Waals surface area contributed by atoms with Crippen molar-refractivity contribution in [3.8, 4) is 11.5 Å². The number of benzene rings is 2. The molecule has 1 heterocycles. The van der Waals surface area contributed by atoms with E-state index in [0.717, 1.165) is 22.1 Å². The van der Waals surface area contributed by atoms with Gasteiger partial charge in [0.2, 0.25) is 0 Å². The van der Waals surface area contributed by atoms with Crippen LogP contribution in [0.3, 0.4) is 0 Å². The van der Waals surface area contributed by atoms with Crippen molar-refractivity contribution in [3.05, 3.63) is 51.7 Å². The molecule has 96 valence electrons. The van der Waals surface area contributed by atoms with Gasteiger partial charge in [0.15, 0.2) is 6.61 Å². The van der Waals surface area contributed by atoms with E-state index in [-0.39, 0.29) is 12.3 Å². The van der Waals surface area contributed by atoms with Crippen molar-refractivity contribution in [3.63, 3.8) is 0 Å². The molecule has 0 aromatic heterocycles. The first-order valence-electron chi connectivity index (χ1n) is 5.77.